The van der Waals surface area contributed by atoms with Crippen molar-refractivity contribution in [3.8, 4) is 0 Å². The molecule has 3 N–H and O–H groups in total. The highest BCUT2D eigenvalue weighted by Crippen LogP contribution is 2.36. The molecule has 2 heteroatoms. The van der Waals surface area contributed by atoms with Crippen molar-refractivity contribution in [2.75, 3.05) is 5.73 Å². The molecular weight excluding hydrogens is 268 g/mol. The first-order valence-electron chi connectivity index (χ1n) is 7.59. The molecule has 1 unspecified atom stereocenters. The number of anilines is 1. The Balaban J connectivity index is 1.93. The second kappa shape index (κ2) is 4.92. The van der Waals surface area contributed by atoms with Gasteiger partial charge < -0.3 is 10.7 Å². The molecule has 2 nitrogen and oxygen atoms in total. The second-order valence-electron chi connectivity index (χ2n) is 5.79. The number of fused-ring (bicyclic) bond motifs is 3. The van der Waals surface area contributed by atoms with Crippen molar-refractivity contribution < 1.29 is 0 Å². The maximum absolute atomic E-state index is 6.49. The highest BCUT2D eigenvalue weighted by atomic mass is 14.7. The normalized spacial score (nSPS) is 12.8. The molecule has 4 rings (SSSR count). The van der Waals surface area contributed by atoms with Gasteiger partial charge in [-0.05, 0) is 17.2 Å². The average molecular weight is 286 g/mol. The predicted octanol–water partition coefficient (Wildman–Crippen LogP) is 5.06. The van der Waals surface area contributed by atoms with Crippen molar-refractivity contribution >= 4 is 27.5 Å². The number of para-hydroxylation sites is 1. The van der Waals surface area contributed by atoms with Gasteiger partial charge in [0.2, 0.25) is 0 Å². The van der Waals surface area contributed by atoms with E-state index in [0.29, 0.717) is 0 Å². The lowest BCUT2D eigenvalue weighted by molar-refractivity contribution is 0.927. The minimum atomic E-state index is 0.275. The number of hydrogen-bond donors (Lipinski definition) is 2. The highest BCUT2D eigenvalue weighted by molar-refractivity contribution is 6.11. The van der Waals surface area contributed by atoms with Crippen LogP contribution in [-0.2, 0) is 0 Å². The fraction of sp³-hybridized carbons (Fsp3) is 0.100. The molecule has 4 aromatic rings. The molecule has 1 heterocycles. The fourth-order valence-corrected chi connectivity index (χ4v) is 3.26. The van der Waals surface area contributed by atoms with Crippen LogP contribution in [0.4, 0.5) is 5.69 Å². The predicted molar refractivity (Wildman–Crippen MR) is 94.2 cm³/mol. The minimum Gasteiger partial charge on any atom is -0.397 e. The zero-order chi connectivity index (χ0) is 15.1. The largest absolute Gasteiger partial charge is 0.397 e. The van der Waals surface area contributed by atoms with Gasteiger partial charge in [-0.2, -0.15) is 0 Å². The Morgan fingerprint density at radius 1 is 0.818 bits per heavy atom. The van der Waals surface area contributed by atoms with Gasteiger partial charge in [0.15, 0.2) is 0 Å². The number of benzene rings is 3. The Hall–Kier alpha value is -2.74. The van der Waals surface area contributed by atoms with Crippen LogP contribution in [0.3, 0.4) is 0 Å². The Morgan fingerprint density at radius 2 is 1.55 bits per heavy atom. The summed E-state index contributed by atoms with van der Waals surface area (Å²) in [6.07, 6.45) is 0. The van der Waals surface area contributed by atoms with Gasteiger partial charge in [0.05, 0.1) is 11.2 Å². The molecule has 3 aromatic carbocycles. The van der Waals surface area contributed by atoms with Gasteiger partial charge in [-0.25, -0.2) is 0 Å². The third kappa shape index (κ3) is 1.88. The number of rotatable bonds is 2. The van der Waals surface area contributed by atoms with Crippen LogP contribution in [0.2, 0.25) is 0 Å². The fourth-order valence-electron chi connectivity index (χ4n) is 3.26. The summed E-state index contributed by atoms with van der Waals surface area (Å²) < 4.78 is 0. The van der Waals surface area contributed by atoms with E-state index >= 15 is 0 Å². The van der Waals surface area contributed by atoms with Crippen molar-refractivity contribution in [3.63, 3.8) is 0 Å². The van der Waals surface area contributed by atoms with Gasteiger partial charge >= 0.3 is 0 Å². The lowest BCUT2D eigenvalue weighted by Crippen LogP contribution is -2.01. The first-order valence-corrected chi connectivity index (χ1v) is 7.59. The molecule has 1 atom stereocenters. The van der Waals surface area contributed by atoms with E-state index in [1.807, 2.05) is 12.1 Å². The summed E-state index contributed by atoms with van der Waals surface area (Å²) in [6.45, 7) is 2.20. The highest BCUT2D eigenvalue weighted by Gasteiger charge is 2.15. The number of nitrogens with one attached hydrogen (secondary N) is 1. The lowest BCUT2D eigenvalue weighted by Gasteiger charge is -2.15. The Labute approximate surface area is 129 Å². The van der Waals surface area contributed by atoms with Crippen LogP contribution in [0, 0.1) is 0 Å². The van der Waals surface area contributed by atoms with E-state index in [2.05, 4.69) is 66.5 Å². The van der Waals surface area contributed by atoms with E-state index in [0.717, 1.165) is 16.7 Å². The zero-order valence-electron chi connectivity index (χ0n) is 12.5. The van der Waals surface area contributed by atoms with Crippen LogP contribution in [0.1, 0.15) is 24.0 Å². The van der Waals surface area contributed by atoms with E-state index in [-0.39, 0.29) is 5.92 Å². The lowest BCUT2D eigenvalue weighted by atomic mass is 9.91. The molecule has 0 aliphatic carbocycles. The number of nitrogen functional groups attached to an aromatic ring is 1. The van der Waals surface area contributed by atoms with Gasteiger partial charge in [-0.15, -0.1) is 0 Å². The van der Waals surface area contributed by atoms with Gasteiger partial charge in [-0.3, -0.25) is 0 Å². The number of aromatic amines is 1. The van der Waals surface area contributed by atoms with Crippen molar-refractivity contribution in [1.82, 2.24) is 4.98 Å². The summed E-state index contributed by atoms with van der Waals surface area (Å²) in [5, 5.41) is 2.42. The van der Waals surface area contributed by atoms with E-state index in [1.54, 1.807) is 0 Å². The molecule has 0 saturated heterocycles. The van der Waals surface area contributed by atoms with E-state index < -0.39 is 0 Å². The monoisotopic (exact) mass is 286 g/mol. The molecule has 1 aromatic heterocycles. The Bertz CT molecular complexity index is 951. The zero-order valence-corrected chi connectivity index (χ0v) is 12.5. The van der Waals surface area contributed by atoms with Crippen molar-refractivity contribution in [1.29, 1.82) is 0 Å². The molecule has 0 amide bonds. The molecule has 0 saturated carbocycles. The van der Waals surface area contributed by atoms with Gasteiger partial charge in [0.25, 0.3) is 0 Å². The smallest absolute Gasteiger partial charge is 0.0701 e. The average Bonchev–Trinajstić information content (AvgIpc) is 2.95. The van der Waals surface area contributed by atoms with Gasteiger partial charge in [0.1, 0.15) is 0 Å². The summed E-state index contributed by atoms with van der Waals surface area (Å²) in [7, 11) is 0. The topological polar surface area (TPSA) is 41.8 Å². The van der Waals surface area contributed by atoms with Gasteiger partial charge in [0, 0.05) is 22.2 Å². The van der Waals surface area contributed by atoms with E-state index in [9.17, 15) is 0 Å². The first kappa shape index (κ1) is 13.0. The number of H-pyrrole nitrogens is 1. The third-order valence-electron chi connectivity index (χ3n) is 4.52. The van der Waals surface area contributed by atoms with Crippen LogP contribution in [0.25, 0.3) is 21.8 Å². The number of nitrogens with two attached hydrogens (primary N) is 1. The summed E-state index contributed by atoms with van der Waals surface area (Å²) in [5.74, 6) is 0.275. The van der Waals surface area contributed by atoms with Crippen LogP contribution in [-0.4, -0.2) is 4.98 Å². The van der Waals surface area contributed by atoms with Crippen molar-refractivity contribution in [3.05, 3.63) is 77.9 Å². The van der Waals surface area contributed by atoms with Crippen LogP contribution in [0.5, 0.6) is 0 Å². The maximum atomic E-state index is 6.49. The summed E-state index contributed by atoms with van der Waals surface area (Å²) >= 11 is 0. The molecule has 22 heavy (non-hydrogen) atoms. The Morgan fingerprint density at radius 3 is 2.36 bits per heavy atom. The number of aromatic nitrogens is 1. The molecule has 0 aliphatic heterocycles. The molecule has 0 fully saturated rings. The van der Waals surface area contributed by atoms with Crippen molar-refractivity contribution in [2.45, 2.75) is 12.8 Å². The number of hydrogen-bond acceptors (Lipinski definition) is 1. The molecule has 0 spiro atoms. The second-order valence-corrected chi connectivity index (χ2v) is 5.79. The summed E-state index contributed by atoms with van der Waals surface area (Å²) in [4.78, 5) is 3.47. The molecule has 0 aliphatic rings. The third-order valence-corrected chi connectivity index (χ3v) is 4.52. The quantitative estimate of drug-likeness (QED) is 0.497. The molecule has 0 radical (unpaired) electrons. The molecule has 108 valence electrons. The van der Waals surface area contributed by atoms with Crippen LogP contribution < -0.4 is 5.73 Å². The standard InChI is InChI=1S/C20H18N2/c1-13(14-7-3-2-4-8-14)15-11-12-17-16-9-5-6-10-18(16)22-20(17)19(15)21/h2-13,22H,21H2,1H3. The maximum Gasteiger partial charge on any atom is 0.0701 e. The molecular formula is C20H18N2. The van der Waals surface area contributed by atoms with Crippen LogP contribution in [0.15, 0.2) is 66.7 Å². The SMILES string of the molecule is CC(c1ccccc1)c1ccc2c([nH]c3ccccc32)c1N. The minimum absolute atomic E-state index is 0.275. The van der Waals surface area contributed by atoms with E-state index in [1.165, 1.54) is 21.9 Å². The van der Waals surface area contributed by atoms with Crippen molar-refractivity contribution in [2.24, 2.45) is 0 Å². The first-order chi connectivity index (χ1) is 10.8. The summed E-state index contributed by atoms with van der Waals surface area (Å²) in [5.41, 5.74) is 12.0. The van der Waals surface area contributed by atoms with Crippen LogP contribution >= 0.6 is 0 Å². The van der Waals surface area contributed by atoms with Gasteiger partial charge in [-0.1, -0.05) is 67.6 Å². The summed E-state index contributed by atoms with van der Waals surface area (Å²) in [6, 6.07) is 23.2. The molecule has 0 bridgehead atoms. The van der Waals surface area contributed by atoms with E-state index in [4.69, 9.17) is 5.73 Å². The Kier molecular flexibility index (Phi) is 2.90.